The lowest BCUT2D eigenvalue weighted by atomic mass is 10.1. The molecule has 1 N–H and O–H groups in total. The highest BCUT2D eigenvalue weighted by Crippen LogP contribution is 2.25. The third-order valence-corrected chi connectivity index (χ3v) is 2.39. The molecule has 16 heavy (non-hydrogen) atoms. The largest absolute Gasteiger partial charge is 0.356 e. The van der Waals surface area contributed by atoms with Gasteiger partial charge in [-0.1, -0.05) is 17.3 Å². The molecule has 5 heteroatoms. The van der Waals surface area contributed by atoms with Crippen LogP contribution in [0.2, 0.25) is 0 Å². The summed E-state index contributed by atoms with van der Waals surface area (Å²) < 4.78 is 5.13. The Morgan fingerprint density at radius 3 is 3.00 bits per heavy atom. The van der Waals surface area contributed by atoms with Crippen molar-refractivity contribution in [2.24, 2.45) is 0 Å². The zero-order valence-electron chi connectivity index (χ0n) is 8.18. The van der Waals surface area contributed by atoms with Crippen molar-refractivity contribution in [1.82, 2.24) is 15.1 Å². The van der Waals surface area contributed by atoms with Crippen LogP contribution in [-0.4, -0.2) is 15.1 Å². The number of rotatable bonds is 1. The standard InChI is InChI=1S/C11H7N3O2/c15-11-9(5-12-6-13-11)8-3-1-2-7-4-14-16-10(7)8/h1-6H,(H,12,13,15). The van der Waals surface area contributed by atoms with Crippen molar-refractivity contribution >= 4 is 11.0 Å². The summed E-state index contributed by atoms with van der Waals surface area (Å²) in [6, 6.07) is 5.53. The molecule has 0 spiro atoms. The third kappa shape index (κ3) is 1.22. The van der Waals surface area contributed by atoms with Crippen molar-refractivity contribution in [2.45, 2.75) is 0 Å². The average molecular weight is 213 g/mol. The third-order valence-electron chi connectivity index (χ3n) is 2.39. The van der Waals surface area contributed by atoms with Gasteiger partial charge in [-0.05, 0) is 6.07 Å². The van der Waals surface area contributed by atoms with E-state index in [2.05, 4.69) is 15.1 Å². The highest BCUT2D eigenvalue weighted by Gasteiger charge is 2.10. The molecular weight excluding hydrogens is 206 g/mol. The van der Waals surface area contributed by atoms with Crippen molar-refractivity contribution in [3.8, 4) is 11.1 Å². The minimum absolute atomic E-state index is 0.195. The molecule has 2 heterocycles. The molecule has 5 nitrogen and oxygen atoms in total. The van der Waals surface area contributed by atoms with E-state index in [0.29, 0.717) is 16.7 Å². The molecule has 0 bridgehead atoms. The first-order valence-corrected chi connectivity index (χ1v) is 4.73. The topological polar surface area (TPSA) is 71.8 Å². The highest BCUT2D eigenvalue weighted by atomic mass is 16.5. The lowest BCUT2D eigenvalue weighted by molar-refractivity contribution is 0.457. The molecule has 1 aromatic carbocycles. The summed E-state index contributed by atoms with van der Waals surface area (Å²) >= 11 is 0. The van der Waals surface area contributed by atoms with Crippen LogP contribution in [0.1, 0.15) is 0 Å². The van der Waals surface area contributed by atoms with E-state index in [4.69, 9.17) is 4.52 Å². The zero-order valence-corrected chi connectivity index (χ0v) is 8.18. The Labute approximate surface area is 89.7 Å². The predicted octanol–water partition coefficient (Wildman–Crippen LogP) is 1.58. The van der Waals surface area contributed by atoms with E-state index in [1.54, 1.807) is 12.3 Å². The van der Waals surface area contributed by atoms with Gasteiger partial charge in [-0.25, -0.2) is 4.98 Å². The number of aromatic nitrogens is 3. The molecule has 0 saturated heterocycles. The Balaban J connectivity index is 2.39. The van der Waals surface area contributed by atoms with Crippen LogP contribution >= 0.6 is 0 Å². The lowest BCUT2D eigenvalue weighted by Gasteiger charge is -1.98. The van der Waals surface area contributed by atoms with Gasteiger partial charge in [-0.15, -0.1) is 0 Å². The maximum atomic E-state index is 11.6. The van der Waals surface area contributed by atoms with E-state index in [0.717, 1.165) is 5.39 Å². The summed E-state index contributed by atoms with van der Waals surface area (Å²) in [5.74, 6) is 0. The van der Waals surface area contributed by atoms with Crippen LogP contribution in [0.3, 0.4) is 0 Å². The number of nitrogens with zero attached hydrogens (tertiary/aromatic N) is 2. The van der Waals surface area contributed by atoms with Gasteiger partial charge in [0, 0.05) is 17.1 Å². The second kappa shape index (κ2) is 3.30. The van der Waals surface area contributed by atoms with Crippen LogP contribution in [0.25, 0.3) is 22.1 Å². The SMILES string of the molecule is O=c1[nH]cncc1-c1cccc2cnoc12. The summed E-state index contributed by atoms with van der Waals surface area (Å²) in [6.45, 7) is 0. The Morgan fingerprint density at radius 1 is 1.19 bits per heavy atom. The van der Waals surface area contributed by atoms with Gasteiger partial charge in [-0.2, -0.15) is 0 Å². The van der Waals surface area contributed by atoms with E-state index in [1.165, 1.54) is 12.5 Å². The maximum absolute atomic E-state index is 11.6. The molecule has 0 amide bonds. The quantitative estimate of drug-likeness (QED) is 0.666. The fourth-order valence-electron chi connectivity index (χ4n) is 1.64. The van der Waals surface area contributed by atoms with Gasteiger partial charge < -0.3 is 9.51 Å². The van der Waals surface area contributed by atoms with Gasteiger partial charge in [0.15, 0.2) is 5.58 Å². The first-order chi connectivity index (χ1) is 7.86. The number of hydrogen-bond donors (Lipinski definition) is 1. The number of nitrogens with one attached hydrogen (secondary N) is 1. The molecule has 0 aliphatic carbocycles. The Morgan fingerprint density at radius 2 is 2.12 bits per heavy atom. The smallest absolute Gasteiger partial charge is 0.258 e. The van der Waals surface area contributed by atoms with E-state index in [1.807, 2.05) is 12.1 Å². The number of para-hydroxylation sites is 1. The zero-order chi connectivity index (χ0) is 11.0. The van der Waals surface area contributed by atoms with Crippen LogP contribution in [0, 0.1) is 0 Å². The van der Waals surface area contributed by atoms with E-state index in [9.17, 15) is 4.79 Å². The number of H-pyrrole nitrogens is 1. The molecular formula is C11H7N3O2. The second-order valence-electron chi connectivity index (χ2n) is 3.34. The van der Waals surface area contributed by atoms with Crippen LogP contribution in [-0.2, 0) is 0 Å². The van der Waals surface area contributed by atoms with Crippen LogP contribution in [0.15, 0.2) is 46.2 Å². The number of aromatic amines is 1. The first-order valence-electron chi connectivity index (χ1n) is 4.73. The number of hydrogen-bond acceptors (Lipinski definition) is 4. The van der Waals surface area contributed by atoms with Crippen molar-refractivity contribution in [3.63, 3.8) is 0 Å². The maximum Gasteiger partial charge on any atom is 0.258 e. The predicted molar refractivity (Wildman–Crippen MR) is 57.9 cm³/mol. The van der Waals surface area contributed by atoms with Crippen LogP contribution in [0.4, 0.5) is 0 Å². The van der Waals surface area contributed by atoms with Gasteiger partial charge in [0.1, 0.15) is 0 Å². The Bertz CT molecular complexity index is 699. The van der Waals surface area contributed by atoms with Gasteiger partial charge in [0.2, 0.25) is 0 Å². The monoisotopic (exact) mass is 213 g/mol. The lowest BCUT2D eigenvalue weighted by Crippen LogP contribution is -2.08. The molecule has 3 rings (SSSR count). The Hall–Kier alpha value is -2.43. The summed E-state index contributed by atoms with van der Waals surface area (Å²) in [5, 5.41) is 4.57. The molecule has 0 radical (unpaired) electrons. The summed E-state index contributed by atoms with van der Waals surface area (Å²) in [4.78, 5) is 18.0. The van der Waals surface area contributed by atoms with Gasteiger partial charge in [-0.3, -0.25) is 4.79 Å². The molecule has 0 aliphatic heterocycles. The molecule has 78 valence electrons. The van der Waals surface area contributed by atoms with Crippen molar-refractivity contribution in [3.05, 3.63) is 47.3 Å². The summed E-state index contributed by atoms with van der Waals surface area (Å²) in [7, 11) is 0. The number of benzene rings is 1. The molecule has 0 atom stereocenters. The molecule has 0 saturated carbocycles. The van der Waals surface area contributed by atoms with E-state index < -0.39 is 0 Å². The molecule has 0 fully saturated rings. The molecule has 3 aromatic rings. The minimum Gasteiger partial charge on any atom is -0.356 e. The summed E-state index contributed by atoms with van der Waals surface area (Å²) in [5.41, 5.74) is 1.58. The highest BCUT2D eigenvalue weighted by molar-refractivity contribution is 5.91. The number of fused-ring (bicyclic) bond motifs is 1. The van der Waals surface area contributed by atoms with Gasteiger partial charge >= 0.3 is 0 Å². The van der Waals surface area contributed by atoms with Crippen molar-refractivity contribution < 1.29 is 4.52 Å². The Kier molecular flexibility index (Phi) is 1.83. The molecule has 0 unspecified atom stereocenters. The fourth-order valence-corrected chi connectivity index (χ4v) is 1.64. The van der Waals surface area contributed by atoms with Crippen LogP contribution in [0.5, 0.6) is 0 Å². The van der Waals surface area contributed by atoms with Gasteiger partial charge in [0.05, 0.1) is 18.1 Å². The minimum atomic E-state index is -0.195. The second-order valence-corrected chi connectivity index (χ2v) is 3.34. The average Bonchev–Trinajstić information content (AvgIpc) is 2.77. The molecule has 0 aliphatic rings. The van der Waals surface area contributed by atoms with Crippen LogP contribution < -0.4 is 5.56 Å². The van der Waals surface area contributed by atoms with Crippen molar-refractivity contribution in [1.29, 1.82) is 0 Å². The van der Waals surface area contributed by atoms with Crippen molar-refractivity contribution in [2.75, 3.05) is 0 Å². The van der Waals surface area contributed by atoms with Gasteiger partial charge in [0.25, 0.3) is 5.56 Å². The summed E-state index contributed by atoms with van der Waals surface area (Å²) in [6.07, 6.45) is 4.48. The van der Waals surface area contributed by atoms with E-state index >= 15 is 0 Å². The molecule has 2 aromatic heterocycles. The normalized spacial score (nSPS) is 10.8. The fraction of sp³-hybridized carbons (Fsp3) is 0. The van der Waals surface area contributed by atoms with E-state index in [-0.39, 0.29) is 5.56 Å². The first kappa shape index (κ1) is 8.84.